The van der Waals surface area contributed by atoms with Crippen LogP contribution in [0.4, 0.5) is 4.79 Å². The summed E-state index contributed by atoms with van der Waals surface area (Å²) in [4.78, 5) is 26.8. The summed E-state index contributed by atoms with van der Waals surface area (Å²) in [7, 11) is 0. The minimum atomic E-state index is -0.465. The molecule has 0 aromatic heterocycles. The number of rotatable bonds is 2. The lowest BCUT2D eigenvalue weighted by atomic mass is 9.96. The number of aliphatic hydroxyl groups is 1. The van der Waals surface area contributed by atoms with Gasteiger partial charge in [0.25, 0.3) is 0 Å². The number of carbonyl (C=O) groups excluding carboxylic acids is 2. The number of ether oxygens (including phenoxy) is 1. The number of piperidine rings is 1. The highest BCUT2D eigenvalue weighted by Crippen LogP contribution is 2.20. The Kier molecular flexibility index (Phi) is 4.60. The van der Waals surface area contributed by atoms with E-state index in [2.05, 4.69) is 0 Å². The average molecular weight is 271 g/mol. The van der Waals surface area contributed by atoms with Crippen LogP contribution in [0.5, 0.6) is 0 Å². The van der Waals surface area contributed by atoms with Crippen molar-refractivity contribution in [1.82, 2.24) is 9.80 Å². The molecule has 0 aromatic carbocycles. The molecule has 2 atom stereocenters. The van der Waals surface area contributed by atoms with Gasteiger partial charge >= 0.3 is 6.03 Å². The van der Waals surface area contributed by atoms with Crippen molar-refractivity contribution in [1.29, 1.82) is 0 Å². The fraction of sp³-hybridized carbons (Fsp3) is 0.833. The van der Waals surface area contributed by atoms with Gasteiger partial charge in [-0.1, -0.05) is 0 Å². The van der Waals surface area contributed by atoms with Crippen molar-refractivity contribution in [2.24, 2.45) is 11.7 Å². The van der Waals surface area contributed by atoms with Crippen LogP contribution in [0.15, 0.2) is 0 Å². The zero-order valence-electron chi connectivity index (χ0n) is 11.0. The fourth-order valence-corrected chi connectivity index (χ4v) is 2.67. The lowest BCUT2D eigenvalue weighted by molar-refractivity contribution is -0.145. The number of primary amides is 1. The molecule has 2 heterocycles. The van der Waals surface area contributed by atoms with Crippen molar-refractivity contribution in [3.05, 3.63) is 0 Å². The molecule has 2 aliphatic heterocycles. The number of nitrogens with two attached hydrogens (primary N) is 1. The third kappa shape index (κ3) is 3.36. The molecule has 0 spiro atoms. The first-order chi connectivity index (χ1) is 9.11. The molecule has 0 saturated carbocycles. The molecule has 7 nitrogen and oxygen atoms in total. The van der Waals surface area contributed by atoms with Gasteiger partial charge in [0.05, 0.1) is 25.2 Å². The van der Waals surface area contributed by atoms with Crippen LogP contribution in [0.25, 0.3) is 0 Å². The van der Waals surface area contributed by atoms with Crippen molar-refractivity contribution < 1.29 is 19.4 Å². The summed E-state index contributed by atoms with van der Waals surface area (Å²) in [6.45, 7) is 2.35. The SMILES string of the molecule is NC(=O)N1CCCC(C(=O)N2CCOC(CO)C2)C1. The molecule has 108 valence electrons. The van der Waals surface area contributed by atoms with Gasteiger partial charge < -0.3 is 25.4 Å². The Balaban J connectivity index is 1.93. The molecule has 2 aliphatic rings. The third-order valence-electron chi connectivity index (χ3n) is 3.74. The summed E-state index contributed by atoms with van der Waals surface area (Å²) in [6.07, 6.45) is 1.28. The van der Waals surface area contributed by atoms with Crippen LogP contribution in [0.2, 0.25) is 0 Å². The summed E-state index contributed by atoms with van der Waals surface area (Å²) < 4.78 is 5.33. The minimum absolute atomic E-state index is 0.0349. The standard InChI is InChI=1S/C12H21N3O4/c13-12(18)15-3-1-2-9(6-15)11(17)14-4-5-19-10(7-14)8-16/h9-10,16H,1-8H2,(H2,13,18). The summed E-state index contributed by atoms with van der Waals surface area (Å²) in [6, 6.07) is -0.465. The van der Waals surface area contributed by atoms with Crippen molar-refractivity contribution in [2.75, 3.05) is 39.4 Å². The molecule has 3 N–H and O–H groups in total. The first kappa shape index (κ1) is 14.1. The maximum absolute atomic E-state index is 12.4. The normalized spacial score (nSPS) is 28.3. The smallest absolute Gasteiger partial charge is 0.314 e. The summed E-state index contributed by atoms with van der Waals surface area (Å²) in [5.74, 6) is -0.147. The number of urea groups is 1. The Morgan fingerprint density at radius 3 is 2.74 bits per heavy atom. The average Bonchev–Trinajstić information content (AvgIpc) is 2.46. The number of likely N-dealkylation sites (tertiary alicyclic amines) is 1. The Hall–Kier alpha value is -1.34. The van der Waals surface area contributed by atoms with Crippen molar-refractivity contribution in [2.45, 2.75) is 18.9 Å². The molecule has 0 radical (unpaired) electrons. The third-order valence-corrected chi connectivity index (χ3v) is 3.74. The van der Waals surface area contributed by atoms with Gasteiger partial charge in [-0.25, -0.2) is 4.79 Å². The summed E-state index contributed by atoms with van der Waals surface area (Å²) in [5.41, 5.74) is 5.26. The number of carbonyl (C=O) groups is 2. The molecule has 0 aromatic rings. The van der Waals surface area contributed by atoms with E-state index in [1.165, 1.54) is 4.90 Å². The summed E-state index contributed by atoms with van der Waals surface area (Å²) in [5, 5.41) is 9.08. The molecule has 7 heteroatoms. The maximum atomic E-state index is 12.4. The van der Waals surface area contributed by atoms with Crippen LogP contribution in [0, 0.1) is 5.92 Å². The van der Waals surface area contributed by atoms with Gasteiger partial charge in [-0.15, -0.1) is 0 Å². The molecule has 0 bridgehead atoms. The largest absolute Gasteiger partial charge is 0.394 e. The predicted octanol–water partition coefficient (Wildman–Crippen LogP) is -1.00. The number of aliphatic hydroxyl groups excluding tert-OH is 1. The van der Waals surface area contributed by atoms with Crippen LogP contribution in [0.3, 0.4) is 0 Å². The highest BCUT2D eigenvalue weighted by Gasteiger charge is 2.32. The Morgan fingerprint density at radius 2 is 2.05 bits per heavy atom. The van der Waals surface area contributed by atoms with Gasteiger partial charge in [-0.05, 0) is 12.8 Å². The lowest BCUT2D eigenvalue weighted by Crippen LogP contribution is -2.52. The molecular formula is C12H21N3O4. The molecule has 2 rings (SSSR count). The van der Waals surface area contributed by atoms with Crippen LogP contribution >= 0.6 is 0 Å². The molecule has 2 saturated heterocycles. The van der Waals surface area contributed by atoms with Crippen LogP contribution in [-0.4, -0.2) is 72.3 Å². The predicted molar refractivity (Wildman–Crippen MR) is 67.3 cm³/mol. The number of hydrogen-bond donors (Lipinski definition) is 2. The van der Waals surface area contributed by atoms with Crippen molar-refractivity contribution in [3.8, 4) is 0 Å². The molecule has 3 amide bonds. The number of amides is 3. The first-order valence-electron chi connectivity index (χ1n) is 6.67. The van der Waals surface area contributed by atoms with E-state index >= 15 is 0 Å². The van der Waals surface area contributed by atoms with E-state index in [9.17, 15) is 9.59 Å². The highest BCUT2D eigenvalue weighted by molar-refractivity contribution is 5.80. The minimum Gasteiger partial charge on any atom is -0.394 e. The van der Waals surface area contributed by atoms with E-state index in [-0.39, 0.29) is 24.5 Å². The van der Waals surface area contributed by atoms with Gasteiger partial charge in [-0.2, -0.15) is 0 Å². The maximum Gasteiger partial charge on any atom is 0.314 e. The zero-order chi connectivity index (χ0) is 13.8. The number of nitrogens with zero attached hydrogens (tertiary/aromatic N) is 2. The van der Waals surface area contributed by atoms with Gasteiger partial charge in [0, 0.05) is 26.2 Å². The van der Waals surface area contributed by atoms with Crippen LogP contribution in [0.1, 0.15) is 12.8 Å². The van der Waals surface area contributed by atoms with Crippen LogP contribution < -0.4 is 5.73 Å². The Bertz CT molecular complexity index is 350. The molecule has 2 unspecified atom stereocenters. The highest BCUT2D eigenvalue weighted by atomic mass is 16.5. The van der Waals surface area contributed by atoms with Gasteiger partial charge in [0.2, 0.25) is 5.91 Å². The Labute approximate surface area is 112 Å². The summed E-state index contributed by atoms with van der Waals surface area (Å²) >= 11 is 0. The zero-order valence-corrected chi connectivity index (χ0v) is 11.0. The quantitative estimate of drug-likeness (QED) is 0.673. The Morgan fingerprint density at radius 1 is 1.26 bits per heavy atom. The van der Waals surface area contributed by atoms with E-state index in [0.717, 1.165) is 12.8 Å². The second-order valence-corrected chi connectivity index (χ2v) is 5.08. The van der Waals surface area contributed by atoms with E-state index in [1.807, 2.05) is 0 Å². The molecule has 0 aliphatic carbocycles. The number of morpholine rings is 1. The first-order valence-corrected chi connectivity index (χ1v) is 6.67. The number of hydrogen-bond acceptors (Lipinski definition) is 4. The topological polar surface area (TPSA) is 96.1 Å². The lowest BCUT2D eigenvalue weighted by Gasteiger charge is -2.37. The molecular weight excluding hydrogens is 250 g/mol. The van der Waals surface area contributed by atoms with E-state index in [1.54, 1.807) is 4.90 Å². The van der Waals surface area contributed by atoms with E-state index < -0.39 is 6.03 Å². The van der Waals surface area contributed by atoms with E-state index in [0.29, 0.717) is 32.8 Å². The van der Waals surface area contributed by atoms with E-state index in [4.69, 9.17) is 15.6 Å². The van der Waals surface area contributed by atoms with Crippen molar-refractivity contribution in [3.63, 3.8) is 0 Å². The van der Waals surface area contributed by atoms with Crippen LogP contribution in [-0.2, 0) is 9.53 Å². The molecule has 2 fully saturated rings. The fourth-order valence-electron chi connectivity index (χ4n) is 2.67. The monoisotopic (exact) mass is 271 g/mol. The molecule has 19 heavy (non-hydrogen) atoms. The van der Waals surface area contributed by atoms with Gasteiger partial charge in [0.1, 0.15) is 0 Å². The second-order valence-electron chi connectivity index (χ2n) is 5.08. The van der Waals surface area contributed by atoms with Crippen molar-refractivity contribution >= 4 is 11.9 Å². The van der Waals surface area contributed by atoms with Gasteiger partial charge in [-0.3, -0.25) is 4.79 Å². The van der Waals surface area contributed by atoms with Gasteiger partial charge in [0.15, 0.2) is 0 Å². The second kappa shape index (κ2) is 6.21.